The Kier molecular flexibility index (Phi) is 4.37. The van der Waals surface area contributed by atoms with Crippen LogP contribution in [-0.2, 0) is 4.74 Å². The number of benzene rings is 1. The van der Waals surface area contributed by atoms with Crippen LogP contribution in [-0.4, -0.2) is 18.1 Å². The standard InChI is InChI=1S/C13H10BrN3O2S/c1-7-11(12(18)19-2)20-13(16-7)17-10-4-3-8(6-15)5-9(10)14/h3-5H,1-2H3,(H,16,17). The van der Waals surface area contributed by atoms with Crippen LogP contribution < -0.4 is 5.32 Å². The molecule has 0 amide bonds. The predicted molar refractivity (Wildman–Crippen MR) is 80.3 cm³/mol. The molecule has 1 N–H and O–H groups in total. The molecule has 1 aromatic carbocycles. The fourth-order valence-corrected chi connectivity index (χ4v) is 2.91. The van der Waals surface area contributed by atoms with Gasteiger partial charge in [-0.15, -0.1) is 0 Å². The lowest BCUT2D eigenvalue weighted by molar-refractivity contribution is 0.0605. The van der Waals surface area contributed by atoms with Gasteiger partial charge in [0.25, 0.3) is 0 Å². The van der Waals surface area contributed by atoms with E-state index < -0.39 is 5.97 Å². The molecule has 0 bridgehead atoms. The SMILES string of the molecule is COC(=O)c1sc(Nc2ccc(C#N)cc2Br)nc1C. The summed E-state index contributed by atoms with van der Waals surface area (Å²) in [6, 6.07) is 7.25. The van der Waals surface area contributed by atoms with Crippen LogP contribution in [0.4, 0.5) is 10.8 Å². The second-order valence-corrected chi connectivity index (χ2v) is 5.71. The monoisotopic (exact) mass is 351 g/mol. The molecule has 7 heteroatoms. The molecule has 0 aliphatic rings. The highest BCUT2D eigenvalue weighted by molar-refractivity contribution is 9.10. The lowest BCUT2D eigenvalue weighted by atomic mass is 10.2. The number of carbonyl (C=O) groups excluding carboxylic acids is 1. The number of halogens is 1. The number of nitrogens with zero attached hydrogens (tertiary/aromatic N) is 2. The van der Waals surface area contributed by atoms with Crippen molar-refractivity contribution < 1.29 is 9.53 Å². The molecular weight excluding hydrogens is 342 g/mol. The first-order valence-corrected chi connectivity index (χ1v) is 7.18. The lowest BCUT2D eigenvalue weighted by Gasteiger charge is -2.05. The summed E-state index contributed by atoms with van der Waals surface area (Å²) in [5.74, 6) is -0.396. The third kappa shape index (κ3) is 2.98. The summed E-state index contributed by atoms with van der Waals surface area (Å²) < 4.78 is 5.45. The summed E-state index contributed by atoms with van der Waals surface area (Å²) in [7, 11) is 1.34. The number of thiazole rings is 1. The molecule has 1 aromatic heterocycles. The number of methoxy groups -OCH3 is 1. The molecule has 0 fully saturated rings. The van der Waals surface area contributed by atoms with Gasteiger partial charge in [-0.3, -0.25) is 0 Å². The quantitative estimate of drug-likeness (QED) is 0.854. The number of nitrogens with one attached hydrogen (secondary N) is 1. The maximum atomic E-state index is 11.5. The number of anilines is 2. The number of aryl methyl sites for hydroxylation is 1. The normalized spacial score (nSPS) is 9.90. The topological polar surface area (TPSA) is 75.0 Å². The highest BCUT2D eigenvalue weighted by atomic mass is 79.9. The highest BCUT2D eigenvalue weighted by Crippen LogP contribution is 2.30. The fourth-order valence-electron chi connectivity index (χ4n) is 1.53. The summed E-state index contributed by atoms with van der Waals surface area (Å²) in [6.45, 7) is 1.75. The minimum atomic E-state index is -0.396. The Labute approximate surface area is 128 Å². The number of nitriles is 1. The van der Waals surface area contributed by atoms with Gasteiger partial charge in [0.1, 0.15) is 4.88 Å². The van der Waals surface area contributed by atoms with Gasteiger partial charge in [-0.2, -0.15) is 5.26 Å². The van der Waals surface area contributed by atoms with Crippen molar-refractivity contribution in [3.63, 3.8) is 0 Å². The van der Waals surface area contributed by atoms with E-state index in [0.717, 1.165) is 10.2 Å². The van der Waals surface area contributed by atoms with E-state index in [0.29, 0.717) is 21.3 Å². The lowest BCUT2D eigenvalue weighted by Crippen LogP contribution is -1.99. The van der Waals surface area contributed by atoms with Gasteiger partial charge in [0.05, 0.1) is 30.1 Å². The summed E-state index contributed by atoms with van der Waals surface area (Å²) in [5, 5.41) is 12.5. The van der Waals surface area contributed by atoms with Crippen LogP contribution in [0.1, 0.15) is 20.9 Å². The van der Waals surface area contributed by atoms with Crippen molar-refractivity contribution >= 4 is 44.1 Å². The molecule has 0 unspecified atom stereocenters. The van der Waals surface area contributed by atoms with Crippen molar-refractivity contribution in [2.75, 3.05) is 12.4 Å². The zero-order chi connectivity index (χ0) is 14.7. The van der Waals surface area contributed by atoms with Gasteiger partial charge in [0, 0.05) is 4.47 Å². The van der Waals surface area contributed by atoms with Crippen molar-refractivity contribution in [3.05, 3.63) is 38.8 Å². The average Bonchev–Trinajstić information content (AvgIpc) is 2.81. The first kappa shape index (κ1) is 14.5. The summed E-state index contributed by atoms with van der Waals surface area (Å²) in [4.78, 5) is 16.3. The molecule has 20 heavy (non-hydrogen) atoms. The van der Waals surface area contributed by atoms with E-state index in [1.54, 1.807) is 25.1 Å². The molecule has 2 aromatic rings. The smallest absolute Gasteiger partial charge is 0.350 e. The zero-order valence-corrected chi connectivity index (χ0v) is 13.1. The summed E-state index contributed by atoms with van der Waals surface area (Å²) >= 11 is 4.61. The van der Waals surface area contributed by atoms with Crippen molar-refractivity contribution in [1.82, 2.24) is 4.98 Å². The Hall–Kier alpha value is -1.91. The largest absolute Gasteiger partial charge is 0.465 e. The molecule has 0 saturated heterocycles. The van der Waals surface area contributed by atoms with E-state index in [9.17, 15) is 4.79 Å². The molecule has 5 nitrogen and oxygen atoms in total. The second kappa shape index (κ2) is 6.03. The number of carbonyl (C=O) groups is 1. The van der Waals surface area contributed by atoms with E-state index in [-0.39, 0.29) is 0 Å². The van der Waals surface area contributed by atoms with Gasteiger partial charge in [-0.1, -0.05) is 11.3 Å². The second-order valence-electron chi connectivity index (χ2n) is 3.86. The molecule has 0 spiro atoms. The molecule has 2 rings (SSSR count). The Balaban J connectivity index is 2.27. The van der Waals surface area contributed by atoms with Gasteiger partial charge in [-0.25, -0.2) is 9.78 Å². The van der Waals surface area contributed by atoms with Gasteiger partial charge in [0.15, 0.2) is 5.13 Å². The zero-order valence-electron chi connectivity index (χ0n) is 10.7. The van der Waals surface area contributed by atoms with Crippen molar-refractivity contribution in [2.24, 2.45) is 0 Å². The summed E-state index contributed by atoms with van der Waals surface area (Å²) in [6.07, 6.45) is 0. The van der Waals surface area contributed by atoms with Crippen LogP contribution >= 0.6 is 27.3 Å². The van der Waals surface area contributed by atoms with E-state index in [2.05, 4.69) is 32.3 Å². The third-order valence-electron chi connectivity index (χ3n) is 2.51. The number of ether oxygens (including phenoxy) is 1. The average molecular weight is 352 g/mol. The van der Waals surface area contributed by atoms with Crippen molar-refractivity contribution in [1.29, 1.82) is 5.26 Å². The van der Waals surface area contributed by atoms with E-state index in [1.807, 2.05) is 0 Å². The Morgan fingerprint density at radius 3 is 2.90 bits per heavy atom. The predicted octanol–water partition coefficient (Wildman–Crippen LogP) is 3.62. The Morgan fingerprint density at radius 1 is 1.55 bits per heavy atom. The number of esters is 1. The van der Waals surface area contributed by atoms with E-state index in [1.165, 1.54) is 18.4 Å². The van der Waals surface area contributed by atoms with Crippen LogP contribution in [0.5, 0.6) is 0 Å². The van der Waals surface area contributed by atoms with Crippen LogP contribution in [0.15, 0.2) is 22.7 Å². The van der Waals surface area contributed by atoms with Gasteiger partial charge in [-0.05, 0) is 41.1 Å². The minimum absolute atomic E-state index is 0.396. The Morgan fingerprint density at radius 2 is 2.30 bits per heavy atom. The van der Waals surface area contributed by atoms with Crippen LogP contribution in [0.2, 0.25) is 0 Å². The molecule has 0 aliphatic carbocycles. The molecule has 0 aliphatic heterocycles. The van der Waals surface area contributed by atoms with E-state index >= 15 is 0 Å². The molecular formula is C13H10BrN3O2S. The first-order chi connectivity index (χ1) is 9.55. The van der Waals surface area contributed by atoms with Crippen LogP contribution in [0.25, 0.3) is 0 Å². The van der Waals surface area contributed by atoms with Crippen molar-refractivity contribution in [3.8, 4) is 6.07 Å². The molecule has 102 valence electrons. The van der Waals surface area contributed by atoms with E-state index in [4.69, 9.17) is 10.00 Å². The maximum absolute atomic E-state index is 11.5. The molecule has 0 radical (unpaired) electrons. The molecule has 0 atom stereocenters. The van der Waals surface area contributed by atoms with Crippen LogP contribution in [0.3, 0.4) is 0 Å². The minimum Gasteiger partial charge on any atom is -0.465 e. The summed E-state index contributed by atoms with van der Waals surface area (Å²) in [5.41, 5.74) is 1.95. The number of hydrogen-bond acceptors (Lipinski definition) is 6. The maximum Gasteiger partial charge on any atom is 0.350 e. The van der Waals surface area contributed by atoms with Crippen molar-refractivity contribution in [2.45, 2.75) is 6.92 Å². The van der Waals surface area contributed by atoms with Gasteiger partial charge < -0.3 is 10.1 Å². The molecule has 1 heterocycles. The fraction of sp³-hybridized carbons (Fsp3) is 0.154. The number of rotatable bonds is 3. The van der Waals surface area contributed by atoms with Crippen LogP contribution in [0, 0.1) is 18.3 Å². The van der Waals surface area contributed by atoms with Gasteiger partial charge >= 0.3 is 5.97 Å². The Bertz CT molecular complexity index is 706. The molecule has 0 saturated carbocycles. The number of aromatic nitrogens is 1. The highest BCUT2D eigenvalue weighted by Gasteiger charge is 2.16. The number of hydrogen-bond donors (Lipinski definition) is 1. The van der Waals surface area contributed by atoms with Gasteiger partial charge in [0.2, 0.25) is 0 Å². The third-order valence-corrected chi connectivity index (χ3v) is 4.22. The first-order valence-electron chi connectivity index (χ1n) is 5.57.